The topological polar surface area (TPSA) is 37.4 Å². The monoisotopic (exact) mass is 207 g/mol. The largest absolute Gasteiger partial charge is 0.309 e. The molecule has 82 valence electrons. The number of Topliss-reactive ketones (excluding diaryl/α,β-unsaturated/α-hetero) is 1. The Hall–Kier alpha value is -1.38. The zero-order chi connectivity index (χ0) is 11.4. The van der Waals surface area contributed by atoms with E-state index in [1.165, 1.54) is 6.08 Å². The number of nitrogens with zero attached hydrogens (tertiary/aromatic N) is 1. The summed E-state index contributed by atoms with van der Waals surface area (Å²) in [7, 11) is 0. The van der Waals surface area contributed by atoms with Crippen LogP contribution in [-0.2, 0) is 9.59 Å². The normalized spacial score (nSPS) is 15.5. The maximum absolute atomic E-state index is 11.3. The summed E-state index contributed by atoms with van der Waals surface area (Å²) in [5, 5.41) is 0. The minimum atomic E-state index is -0.0306. The van der Waals surface area contributed by atoms with Crippen LogP contribution in [0.15, 0.2) is 24.4 Å². The minimum Gasteiger partial charge on any atom is -0.309 e. The fraction of sp³-hybridized carbons (Fsp3) is 0.500. The van der Waals surface area contributed by atoms with Gasteiger partial charge in [-0.2, -0.15) is 0 Å². The highest BCUT2D eigenvalue weighted by Gasteiger charge is 2.18. The lowest BCUT2D eigenvalue weighted by molar-refractivity contribution is -0.125. The van der Waals surface area contributed by atoms with Crippen molar-refractivity contribution < 1.29 is 9.59 Å². The predicted octanol–water partition coefficient (Wildman–Crippen LogP) is 1.90. The minimum absolute atomic E-state index is 0.0306. The summed E-state index contributed by atoms with van der Waals surface area (Å²) in [5.41, 5.74) is 0.719. The molecule has 0 bridgehead atoms. The Morgan fingerprint density at radius 2 is 2.13 bits per heavy atom. The van der Waals surface area contributed by atoms with Crippen LogP contribution >= 0.6 is 0 Å². The summed E-state index contributed by atoms with van der Waals surface area (Å²) in [4.78, 5) is 24.2. The molecule has 0 aromatic carbocycles. The van der Waals surface area contributed by atoms with Crippen LogP contribution in [-0.4, -0.2) is 23.1 Å². The number of hydrogen-bond donors (Lipinski definition) is 0. The van der Waals surface area contributed by atoms with Crippen molar-refractivity contribution in [2.24, 2.45) is 5.92 Å². The maximum atomic E-state index is 11.3. The molecule has 0 unspecified atom stereocenters. The van der Waals surface area contributed by atoms with Crippen molar-refractivity contribution in [2.75, 3.05) is 6.54 Å². The molecule has 1 heterocycles. The molecule has 0 radical (unpaired) electrons. The van der Waals surface area contributed by atoms with Gasteiger partial charge in [-0.05, 0) is 12.5 Å². The fourth-order valence-corrected chi connectivity index (χ4v) is 1.44. The second-order valence-electron chi connectivity index (χ2n) is 4.04. The van der Waals surface area contributed by atoms with Crippen molar-refractivity contribution in [1.29, 1.82) is 0 Å². The lowest BCUT2D eigenvalue weighted by atomic mass is 10.0. The van der Waals surface area contributed by atoms with Crippen LogP contribution in [0, 0.1) is 5.92 Å². The first-order valence-electron chi connectivity index (χ1n) is 5.23. The van der Waals surface area contributed by atoms with Crippen molar-refractivity contribution in [3.8, 4) is 0 Å². The first-order valence-corrected chi connectivity index (χ1v) is 5.23. The number of carbonyl (C=O) groups excluding carboxylic acids is 2. The molecule has 0 N–H and O–H groups in total. The summed E-state index contributed by atoms with van der Waals surface area (Å²) >= 11 is 0. The van der Waals surface area contributed by atoms with Crippen molar-refractivity contribution in [3.05, 3.63) is 24.4 Å². The Morgan fingerprint density at radius 3 is 2.60 bits per heavy atom. The van der Waals surface area contributed by atoms with Gasteiger partial charge in [-0.15, -0.1) is 0 Å². The molecule has 0 saturated carbocycles. The second kappa shape index (κ2) is 4.91. The van der Waals surface area contributed by atoms with Crippen molar-refractivity contribution in [3.63, 3.8) is 0 Å². The van der Waals surface area contributed by atoms with Gasteiger partial charge in [0.2, 0.25) is 0 Å². The van der Waals surface area contributed by atoms with Crippen molar-refractivity contribution in [1.82, 2.24) is 4.90 Å². The van der Waals surface area contributed by atoms with Crippen LogP contribution in [0.1, 0.15) is 26.7 Å². The van der Waals surface area contributed by atoms with Crippen LogP contribution in [0.4, 0.5) is 0 Å². The Morgan fingerprint density at radius 1 is 1.47 bits per heavy atom. The zero-order valence-corrected chi connectivity index (χ0v) is 9.32. The summed E-state index contributed by atoms with van der Waals surface area (Å²) in [6.07, 6.45) is 4.46. The van der Waals surface area contributed by atoms with Crippen LogP contribution in [0.3, 0.4) is 0 Å². The molecule has 1 amide bonds. The summed E-state index contributed by atoms with van der Waals surface area (Å²) < 4.78 is 0. The first-order chi connectivity index (χ1) is 7.02. The van der Waals surface area contributed by atoms with Crippen LogP contribution in [0.2, 0.25) is 0 Å². The third-order valence-electron chi connectivity index (χ3n) is 2.48. The quantitative estimate of drug-likeness (QED) is 0.690. The zero-order valence-electron chi connectivity index (χ0n) is 9.32. The lowest BCUT2D eigenvalue weighted by Crippen LogP contribution is -2.25. The fourth-order valence-electron chi connectivity index (χ4n) is 1.44. The van der Waals surface area contributed by atoms with E-state index in [0.717, 1.165) is 5.70 Å². The van der Waals surface area contributed by atoms with Crippen LogP contribution < -0.4 is 0 Å². The molecule has 0 atom stereocenters. The Kier molecular flexibility index (Phi) is 3.83. The smallest absolute Gasteiger partial charge is 0.251 e. The SMILES string of the molecule is C=C1C=CC(=O)N1CCCC(=O)C(C)C. The maximum Gasteiger partial charge on any atom is 0.251 e. The lowest BCUT2D eigenvalue weighted by Gasteiger charge is -2.16. The van der Waals surface area contributed by atoms with Gasteiger partial charge in [0.25, 0.3) is 5.91 Å². The van der Waals surface area contributed by atoms with E-state index in [4.69, 9.17) is 0 Å². The molecule has 3 heteroatoms. The van der Waals surface area contributed by atoms with E-state index in [1.54, 1.807) is 11.0 Å². The molecule has 0 aliphatic carbocycles. The Balaban J connectivity index is 2.30. The highest BCUT2D eigenvalue weighted by molar-refractivity contribution is 5.93. The van der Waals surface area contributed by atoms with Gasteiger partial charge in [0.1, 0.15) is 5.78 Å². The summed E-state index contributed by atoms with van der Waals surface area (Å²) in [6.45, 7) is 8.12. The Labute approximate surface area is 90.5 Å². The van der Waals surface area contributed by atoms with Gasteiger partial charge < -0.3 is 4.90 Å². The van der Waals surface area contributed by atoms with E-state index in [-0.39, 0.29) is 17.6 Å². The first kappa shape index (κ1) is 11.7. The molecule has 15 heavy (non-hydrogen) atoms. The number of ketones is 1. The number of amides is 1. The van der Waals surface area contributed by atoms with Crippen LogP contribution in [0.25, 0.3) is 0 Å². The molecule has 1 aliphatic heterocycles. The molecular formula is C12H17NO2. The molecule has 0 spiro atoms. The van der Waals surface area contributed by atoms with E-state index in [9.17, 15) is 9.59 Å². The van der Waals surface area contributed by atoms with Gasteiger partial charge in [-0.25, -0.2) is 0 Å². The average Bonchev–Trinajstić information content (AvgIpc) is 2.48. The summed E-state index contributed by atoms with van der Waals surface area (Å²) in [6, 6.07) is 0. The molecular weight excluding hydrogens is 190 g/mol. The molecule has 3 nitrogen and oxygen atoms in total. The molecule has 0 fully saturated rings. The van der Waals surface area contributed by atoms with E-state index in [0.29, 0.717) is 19.4 Å². The van der Waals surface area contributed by atoms with Crippen molar-refractivity contribution >= 4 is 11.7 Å². The van der Waals surface area contributed by atoms with E-state index in [2.05, 4.69) is 6.58 Å². The van der Waals surface area contributed by atoms with Crippen LogP contribution in [0.5, 0.6) is 0 Å². The van der Waals surface area contributed by atoms with E-state index in [1.807, 2.05) is 13.8 Å². The second-order valence-corrected chi connectivity index (χ2v) is 4.04. The van der Waals surface area contributed by atoms with E-state index >= 15 is 0 Å². The number of allylic oxidation sites excluding steroid dienone is 1. The molecule has 1 aliphatic rings. The van der Waals surface area contributed by atoms with Gasteiger partial charge >= 0.3 is 0 Å². The summed E-state index contributed by atoms with van der Waals surface area (Å²) in [5.74, 6) is 0.304. The average molecular weight is 207 g/mol. The van der Waals surface area contributed by atoms with Gasteiger partial charge in [0.15, 0.2) is 0 Å². The van der Waals surface area contributed by atoms with Gasteiger partial charge in [0.05, 0.1) is 0 Å². The third-order valence-corrected chi connectivity index (χ3v) is 2.48. The van der Waals surface area contributed by atoms with Gasteiger partial charge in [-0.3, -0.25) is 9.59 Å². The number of hydrogen-bond acceptors (Lipinski definition) is 2. The van der Waals surface area contributed by atoms with E-state index < -0.39 is 0 Å². The predicted molar refractivity (Wildman–Crippen MR) is 59.1 cm³/mol. The number of carbonyl (C=O) groups is 2. The third kappa shape index (κ3) is 3.05. The highest BCUT2D eigenvalue weighted by Crippen LogP contribution is 2.14. The molecule has 0 aromatic heterocycles. The molecule has 1 rings (SSSR count). The molecule has 0 aromatic rings. The van der Waals surface area contributed by atoms with Crippen molar-refractivity contribution in [2.45, 2.75) is 26.7 Å². The van der Waals surface area contributed by atoms with Gasteiger partial charge in [0, 0.05) is 30.7 Å². The molecule has 0 saturated heterocycles. The number of rotatable bonds is 5. The highest BCUT2D eigenvalue weighted by atomic mass is 16.2. The van der Waals surface area contributed by atoms with Gasteiger partial charge in [-0.1, -0.05) is 20.4 Å². The Bertz CT molecular complexity index is 298. The standard InChI is InChI=1S/C12H17NO2/c1-9(2)11(14)5-4-8-13-10(3)6-7-12(13)15/h6-7,9H,3-5,8H2,1-2H3.